The molecular weight excluding hydrogens is 1080 g/mol. The molecule has 4 aliphatic rings. The number of carbonyl (C=O) groups excluding carboxylic acids is 3. The van der Waals surface area contributed by atoms with E-state index in [0.717, 1.165) is 56.6 Å². The summed E-state index contributed by atoms with van der Waals surface area (Å²) in [6.07, 6.45) is -4.45. The number of hydrogen-bond donors (Lipinski definition) is 3. The van der Waals surface area contributed by atoms with E-state index < -0.39 is 102 Å². The highest BCUT2D eigenvalue weighted by atomic mass is 16.7. The maximum absolute atomic E-state index is 14.8. The van der Waals surface area contributed by atoms with Crippen LogP contribution in [-0.2, 0) is 65.2 Å². The number of benzene rings is 1. The van der Waals surface area contributed by atoms with Crippen LogP contribution in [0.3, 0.4) is 0 Å². The molecule has 5 heterocycles. The summed E-state index contributed by atoms with van der Waals surface area (Å²) in [5.41, 5.74) is -2.78. The Bertz CT molecular complexity index is 2520. The van der Waals surface area contributed by atoms with Gasteiger partial charge in [-0.25, -0.2) is 4.79 Å². The average molecular weight is 1190 g/mol. The summed E-state index contributed by atoms with van der Waals surface area (Å²) >= 11 is 0. The molecule has 21 nitrogen and oxygen atoms in total. The first kappa shape index (κ1) is 69.4. The zero-order valence-electron chi connectivity index (χ0n) is 53.7. The standard InChI is InChI=1S/C63H105N5O16/c1-18-49-63(12,75)56(76-16)42(8)65(15)36-38(4)34-61(10,74)55(84-60-53(71)48(64(13)14)32-39(5)79-60)40(6)54(41(7)58(72)81-49)83-51-35-62(11,77-17)57(43(9)80-51)82-50(69)25-27-67-30-28-66(29-31-67)26-21-22-44-23-24-47-45(33-44)52(70)46(37-68(47)19-2)59(73)78-20-3/h23-24,33,37-43,48-49,51,53-57,60,71,74-75H,18-22,25-32,34-36H2,1-17H3/t38-,39-,40+,41-,42-,43+,48+,49-,51+,53-,54+,55-,56-,57+,60+,61-,62-,63-/m1/s1. The number of cyclic esters (lactones) is 1. The predicted molar refractivity (Wildman–Crippen MR) is 318 cm³/mol. The van der Waals surface area contributed by atoms with Gasteiger partial charge in [0.15, 0.2) is 18.7 Å². The van der Waals surface area contributed by atoms with Crippen molar-refractivity contribution >= 4 is 28.8 Å². The topological polar surface area (TPSA) is 230 Å². The van der Waals surface area contributed by atoms with Crippen LogP contribution in [0.5, 0.6) is 0 Å². The van der Waals surface area contributed by atoms with Crippen LogP contribution < -0.4 is 5.43 Å². The number of rotatable bonds is 19. The summed E-state index contributed by atoms with van der Waals surface area (Å²) in [7, 11) is 8.81. The van der Waals surface area contributed by atoms with E-state index in [-0.39, 0.29) is 67.4 Å². The van der Waals surface area contributed by atoms with Crippen molar-refractivity contribution in [3.63, 3.8) is 0 Å². The third-order valence-electron chi connectivity index (χ3n) is 18.7. The number of ether oxygens (including phenoxy) is 9. The molecule has 6 rings (SSSR count). The maximum atomic E-state index is 14.8. The Kier molecular flexibility index (Phi) is 24.8. The minimum Gasteiger partial charge on any atom is -0.462 e. The highest BCUT2D eigenvalue weighted by molar-refractivity contribution is 5.94. The number of fused-ring (bicyclic) bond motifs is 1. The molecule has 18 atom stereocenters. The summed E-state index contributed by atoms with van der Waals surface area (Å²) < 4.78 is 58.7. The molecule has 0 unspecified atom stereocenters. The lowest BCUT2D eigenvalue weighted by atomic mass is 9.77. The van der Waals surface area contributed by atoms with Crippen LogP contribution >= 0.6 is 0 Å². The van der Waals surface area contributed by atoms with Gasteiger partial charge < -0.3 is 82.1 Å². The Morgan fingerprint density at radius 2 is 1.54 bits per heavy atom. The van der Waals surface area contributed by atoms with E-state index in [1.807, 2.05) is 91.2 Å². The number of aliphatic hydroxyl groups is 3. The molecule has 3 N–H and O–H groups in total. The second-order valence-electron chi connectivity index (χ2n) is 25.6. The number of carbonyl (C=O) groups is 3. The number of likely N-dealkylation sites (N-methyl/N-ethyl adjacent to an activating group) is 2. The molecule has 21 heteroatoms. The van der Waals surface area contributed by atoms with E-state index in [2.05, 4.69) is 20.8 Å². The van der Waals surface area contributed by atoms with E-state index in [0.29, 0.717) is 31.4 Å². The first-order valence-electron chi connectivity index (χ1n) is 30.9. The first-order chi connectivity index (χ1) is 39.5. The largest absolute Gasteiger partial charge is 0.462 e. The molecule has 0 bridgehead atoms. The fraction of sp³-hybridized carbons (Fsp3) is 0.810. The lowest BCUT2D eigenvalue weighted by Gasteiger charge is -2.49. The molecule has 4 saturated heterocycles. The fourth-order valence-corrected chi connectivity index (χ4v) is 13.8. The third kappa shape index (κ3) is 16.5. The summed E-state index contributed by atoms with van der Waals surface area (Å²) in [4.78, 5) is 63.2. The van der Waals surface area contributed by atoms with Crippen molar-refractivity contribution in [2.45, 2.75) is 225 Å². The number of aromatic nitrogens is 1. The second kappa shape index (κ2) is 30.0. The highest BCUT2D eigenvalue weighted by Crippen LogP contribution is 2.41. The van der Waals surface area contributed by atoms with Gasteiger partial charge in [-0.2, -0.15) is 0 Å². The second-order valence-corrected chi connectivity index (χ2v) is 25.6. The average Bonchev–Trinajstić information content (AvgIpc) is 3.66. The van der Waals surface area contributed by atoms with Crippen molar-refractivity contribution in [1.82, 2.24) is 24.2 Å². The molecule has 478 valence electrons. The summed E-state index contributed by atoms with van der Waals surface area (Å²) in [6, 6.07) is 5.27. The molecule has 84 heavy (non-hydrogen) atoms. The number of nitrogens with zero attached hydrogens (tertiary/aromatic N) is 5. The lowest BCUT2D eigenvalue weighted by molar-refractivity contribution is -0.318. The lowest BCUT2D eigenvalue weighted by Crippen LogP contribution is -2.61. The van der Waals surface area contributed by atoms with Gasteiger partial charge in [0.25, 0.3) is 0 Å². The van der Waals surface area contributed by atoms with Gasteiger partial charge in [-0.05, 0) is 146 Å². The van der Waals surface area contributed by atoms with Crippen molar-refractivity contribution in [3.05, 3.63) is 45.7 Å². The monoisotopic (exact) mass is 1190 g/mol. The molecule has 0 spiro atoms. The van der Waals surface area contributed by atoms with Crippen molar-refractivity contribution < 1.29 is 72.3 Å². The van der Waals surface area contributed by atoms with Crippen molar-refractivity contribution in [1.29, 1.82) is 0 Å². The number of aliphatic hydroxyl groups excluding tert-OH is 1. The Balaban J connectivity index is 1.13. The zero-order chi connectivity index (χ0) is 62.2. The molecule has 4 fully saturated rings. The van der Waals surface area contributed by atoms with Gasteiger partial charge in [0.2, 0.25) is 5.43 Å². The number of esters is 3. The van der Waals surface area contributed by atoms with Gasteiger partial charge in [0, 0.05) is 96.0 Å². The Morgan fingerprint density at radius 1 is 0.869 bits per heavy atom. The molecule has 1 aromatic carbocycles. The van der Waals surface area contributed by atoms with Gasteiger partial charge in [-0.15, -0.1) is 0 Å². The molecule has 4 aliphatic heterocycles. The molecule has 0 amide bonds. The van der Waals surface area contributed by atoms with Crippen LogP contribution in [0.25, 0.3) is 10.9 Å². The van der Waals surface area contributed by atoms with Crippen molar-refractivity contribution in [2.75, 3.05) is 87.8 Å². The summed E-state index contributed by atoms with van der Waals surface area (Å²) in [5.74, 6) is -3.64. The van der Waals surface area contributed by atoms with Crippen molar-refractivity contribution in [3.8, 4) is 0 Å². The van der Waals surface area contributed by atoms with E-state index >= 15 is 0 Å². The molecular formula is C63H105N5O16. The highest BCUT2D eigenvalue weighted by Gasteiger charge is 2.54. The quantitative estimate of drug-likeness (QED) is 0.120. The van der Waals surface area contributed by atoms with E-state index in [1.54, 1.807) is 47.9 Å². The molecule has 0 aliphatic carbocycles. The Hall–Kier alpha value is -3.68. The zero-order valence-corrected chi connectivity index (χ0v) is 53.7. The van der Waals surface area contributed by atoms with Crippen LogP contribution in [0.1, 0.15) is 138 Å². The van der Waals surface area contributed by atoms with Gasteiger partial charge in [0.05, 0.1) is 54.5 Å². The maximum Gasteiger partial charge on any atom is 0.343 e. The van der Waals surface area contributed by atoms with Crippen LogP contribution in [0.2, 0.25) is 0 Å². The minimum absolute atomic E-state index is 0.0458. The smallest absolute Gasteiger partial charge is 0.343 e. The van der Waals surface area contributed by atoms with E-state index in [1.165, 1.54) is 7.11 Å². The van der Waals surface area contributed by atoms with Gasteiger partial charge in [0.1, 0.15) is 35.1 Å². The first-order valence-corrected chi connectivity index (χ1v) is 30.9. The van der Waals surface area contributed by atoms with Gasteiger partial charge in [-0.3, -0.25) is 14.4 Å². The predicted octanol–water partition coefficient (Wildman–Crippen LogP) is 5.26. The van der Waals surface area contributed by atoms with Crippen LogP contribution in [0.4, 0.5) is 0 Å². The molecule has 0 saturated carbocycles. The normalized spacial score (nSPS) is 36.7. The van der Waals surface area contributed by atoms with Crippen LogP contribution in [0.15, 0.2) is 29.2 Å². The number of methoxy groups -OCH3 is 2. The minimum atomic E-state index is -1.62. The number of piperazine rings is 1. The van der Waals surface area contributed by atoms with Crippen LogP contribution in [0, 0.1) is 17.8 Å². The molecule has 1 aromatic heterocycles. The van der Waals surface area contributed by atoms with Crippen LogP contribution in [-0.4, -0.2) is 235 Å². The van der Waals surface area contributed by atoms with Gasteiger partial charge in [-0.1, -0.05) is 26.8 Å². The van der Waals surface area contributed by atoms with Gasteiger partial charge >= 0.3 is 17.9 Å². The fourth-order valence-electron chi connectivity index (χ4n) is 13.8. The Labute approximate surface area is 499 Å². The number of pyridine rings is 1. The van der Waals surface area contributed by atoms with Crippen molar-refractivity contribution in [2.24, 2.45) is 17.8 Å². The molecule has 2 aromatic rings. The SMILES string of the molecule is CCOC(=O)c1cn(CC)c2ccc(CCCN3CCN(CCC(=O)O[C@H]4[C@H](C)O[C@@H](O[C@H]5[C@H](C)[C@@H](O[C@@H]6O[C@H](C)C[C@H](N(C)C)[C@H]6O)[C@](C)(O)C[C@@H](C)CN(C)[C@H](C)[C@@H](OC)[C@](C)(O)[C@@H](CC)OC(=O)[C@@H]5C)C[C@@]4(C)OC)CC3)cc2c1=O. The number of hydrogen-bond acceptors (Lipinski definition) is 20. The summed E-state index contributed by atoms with van der Waals surface area (Å²) in [6.45, 7) is 27.9. The molecule has 0 radical (unpaired) electrons. The summed E-state index contributed by atoms with van der Waals surface area (Å²) in [5, 5.41) is 37.5. The van der Waals surface area contributed by atoms with E-state index in [4.69, 9.17) is 42.6 Å². The Morgan fingerprint density at radius 3 is 2.14 bits per heavy atom. The van der Waals surface area contributed by atoms with E-state index in [9.17, 15) is 34.5 Å². The number of aryl methyl sites for hydroxylation is 2. The third-order valence-corrected chi connectivity index (χ3v) is 18.7.